The van der Waals surface area contributed by atoms with Gasteiger partial charge in [0.15, 0.2) is 0 Å². The molecule has 2 N–H and O–H groups in total. The molecule has 0 aromatic carbocycles. The molecule has 0 aliphatic rings. The van der Waals surface area contributed by atoms with Crippen LogP contribution < -0.4 is 10.6 Å². The highest BCUT2D eigenvalue weighted by molar-refractivity contribution is 4.56. The molecule has 0 atom stereocenters. The minimum Gasteiger partial charge on any atom is -0.315 e. The first-order valence-electron chi connectivity index (χ1n) is 4.57. The third kappa shape index (κ3) is 9.92. The molecule has 0 spiro atoms. The van der Waals surface area contributed by atoms with E-state index in [1.165, 1.54) is 0 Å². The van der Waals surface area contributed by atoms with Crippen LogP contribution in [-0.2, 0) is 0 Å². The Hall–Kier alpha value is -0.0800. The molecule has 0 aliphatic heterocycles. The van der Waals surface area contributed by atoms with Crippen molar-refractivity contribution in [1.82, 2.24) is 10.6 Å². The lowest BCUT2D eigenvalue weighted by Crippen LogP contribution is -2.33. The van der Waals surface area contributed by atoms with Crippen LogP contribution >= 0.6 is 0 Å². The van der Waals surface area contributed by atoms with Gasteiger partial charge in [0.1, 0.15) is 0 Å². The standard InChI is InChI=1S/C9H22N2/c1-8(2)7-10-5-6-11-9(3)4/h8-11H,5-7H2,1-4H3. The SMILES string of the molecule is CC(C)CNCCNC(C)C. The summed E-state index contributed by atoms with van der Waals surface area (Å²) in [7, 11) is 0. The van der Waals surface area contributed by atoms with Gasteiger partial charge in [0.25, 0.3) is 0 Å². The summed E-state index contributed by atoms with van der Waals surface area (Å²) >= 11 is 0. The summed E-state index contributed by atoms with van der Waals surface area (Å²) in [5.41, 5.74) is 0. The summed E-state index contributed by atoms with van der Waals surface area (Å²) in [6.45, 7) is 12.1. The summed E-state index contributed by atoms with van der Waals surface area (Å²) in [5.74, 6) is 0.758. The minimum atomic E-state index is 0.607. The zero-order valence-electron chi connectivity index (χ0n) is 8.28. The molecule has 68 valence electrons. The summed E-state index contributed by atoms with van der Waals surface area (Å²) in [6.07, 6.45) is 0. The second kappa shape index (κ2) is 6.62. The van der Waals surface area contributed by atoms with Crippen molar-refractivity contribution in [3.8, 4) is 0 Å². The van der Waals surface area contributed by atoms with Crippen molar-refractivity contribution in [2.75, 3.05) is 19.6 Å². The summed E-state index contributed by atoms with van der Waals surface area (Å²) < 4.78 is 0. The number of rotatable bonds is 6. The molecule has 0 bridgehead atoms. The van der Waals surface area contributed by atoms with E-state index >= 15 is 0 Å². The molecule has 0 aromatic heterocycles. The molecule has 0 unspecified atom stereocenters. The van der Waals surface area contributed by atoms with Crippen molar-refractivity contribution in [1.29, 1.82) is 0 Å². The fourth-order valence-corrected chi connectivity index (χ4v) is 0.840. The highest BCUT2D eigenvalue weighted by Gasteiger charge is 1.93. The van der Waals surface area contributed by atoms with Gasteiger partial charge < -0.3 is 10.6 Å². The van der Waals surface area contributed by atoms with Crippen molar-refractivity contribution in [3.63, 3.8) is 0 Å². The maximum atomic E-state index is 3.38. The highest BCUT2D eigenvalue weighted by Crippen LogP contribution is 1.85. The monoisotopic (exact) mass is 158 g/mol. The van der Waals surface area contributed by atoms with Crippen molar-refractivity contribution in [3.05, 3.63) is 0 Å². The van der Waals surface area contributed by atoms with E-state index in [0.717, 1.165) is 25.6 Å². The van der Waals surface area contributed by atoms with Gasteiger partial charge in [0.2, 0.25) is 0 Å². The lowest BCUT2D eigenvalue weighted by atomic mass is 10.2. The van der Waals surface area contributed by atoms with Gasteiger partial charge in [-0.3, -0.25) is 0 Å². The summed E-state index contributed by atoms with van der Waals surface area (Å²) in [4.78, 5) is 0. The van der Waals surface area contributed by atoms with Crippen LogP contribution in [0.2, 0.25) is 0 Å². The normalized spacial score (nSPS) is 11.5. The Morgan fingerprint density at radius 2 is 1.64 bits per heavy atom. The first-order chi connectivity index (χ1) is 5.13. The Labute approximate surface area is 70.8 Å². The first kappa shape index (κ1) is 10.9. The number of hydrogen-bond donors (Lipinski definition) is 2. The maximum absolute atomic E-state index is 3.38. The molecule has 0 fully saturated rings. The van der Waals surface area contributed by atoms with Crippen LogP contribution in [-0.4, -0.2) is 25.7 Å². The van der Waals surface area contributed by atoms with Gasteiger partial charge in [-0.1, -0.05) is 27.7 Å². The van der Waals surface area contributed by atoms with Crippen LogP contribution in [0.25, 0.3) is 0 Å². The van der Waals surface area contributed by atoms with E-state index in [1.54, 1.807) is 0 Å². The van der Waals surface area contributed by atoms with Crippen LogP contribution in [0.3, 0.4) is 0 Å². The van der Waals surface area contributed by atoms with E-state index in [4.69, 9.17) is 0 Å². The lowest BCUT2D eigenvalue weighted by Gasteiger charge is -2.09. The maximum Gasteiger partial charge on any atom is 0.00790 e. The van der Waals surface area contributed by atoms with E-state index in [-0.39, 0.29) is 0 Å². The fraction of sp³-hybridized carbons (Fsp3) is 1.00. The molecule has 0 radical (unpaired) electrons. The average molecular weight is 158 g/mol. The number of nitrogens with one attached hydrogen (secondary N) is 2. The van der Waals surface area contributed by atoms with Gasteiger partial charge >= 0.3 is 0 Å². The Morgan fingerprint density at radius 1 is 1.00 bits per heavy atom. The van der Waals surface area contributed by atoms with E-state index in [9.17, 15) is 0 Å². The molecule has 0 rings (SSSR count). The van der Waals surface area contributed by atoms with Gasteiger partial charge in [0, 0.05) is 19.1 Å². The summed E-state index contributed by atoms with van der Waals surface area (Å²) in [5, 5.41) is 6.73. The lowest BCUT2D eigenvalue weighted by molar-refractivity contribution is 0.515. The van der Waals surface area contributed by atoms with Crippen LogP contribution in [0.1, 0.15) is 27.7 Å². The molecule has 0 saturated carbocycles. The molecular weight excluding hydrogens is 136 g/mol. The highest BCUT2D eigenvalue weighted by atomic mass is 15.0. The zero-order chi connectivity index (χ0) is 8.69. The van der Waals surface area contributed by atoms with Crippen molar-refractivity contribution >= 4 is 0 Å². The minimum absolute atomic E-state index is 0.607. The van der Waals surface area contributed by atoms with Gasteiger partial charge in [-0.25, -0.2) is 0 Å². The average Bonchev–Trinajstić information content (AvgIpc) is 1.85. The Kier molecular flexibility index (Phi) is 6.57. The number of hydrogen-bond acceptors (Lipinski definition) is 2. The van der Waals surface area contributed by atoms with Crippen LogP contribution in [0, 0.1) is 5.92 Å². The first-order valence-corrected chi connectivity index (χ1v) is 4.57. The van der Waals surface area contributed by atoms with E-state index in [2.05, 4.69) is 38.3 Å². The Bertz CT molecular complexity index is 69.6. The molecular formula is C9H22N2. The largest absolute Gasteiger partial charge is 0.315 e. The fourth-order valence-electron chi connectivity index (χ4n) is 0.840. The molecule has 11 heavy (non-hydrogen) atoms. The third-order valence-corrected chi connectivity index (χ3v) is 1.41. The van der Waals surface area contributed by atoms with E-state index < -0.39 is 0 Å². The van der Waals surface area contributed by atoms with Gasteiger partial charge in [-0.05, 0) is 12.5 Å². The molecule has 2 heteroatoms. The zero-order valence-corrected chi connectivity index (χ0v) is 8.28. The van der Waals surface area contributed by atoms with Crippen LogP contribution in [0.4, 0.5) is 0 Å². The molecule has 0 amide bonds. The van der Waals surface area contributed by atoms with Crippen molar-refractivity contribution < 1.29 is 0 Å². The Morgan fingerprint density at radius 3 is 2.09 bits per heavy atom. The van der Waals surface area contributed by atoms with Crippen molar-refractivity contribution in [2.24, 2.45) is 5.92 Å². The second-order valence-electron chi connectivity index (χ2n) is 3.71. The van der Waals surface area contributed by atoms with E-state index in [1.807, 2.05) is 0 Å². The van der Waals surface area contributed by atoms with Gasteiger partial charge in [0.05, 0.1) is 0 Å². The Balaban J connectivity index is 2.91. The quantitative estimate of drug-likeness (QED) is 0.568. The second-order valence-corrected chi connectivity index (χ2v) is 3.71. The molecule has 2 nitrogen and oxygen atoms in total. The van der Waals surface area contributed by atoms with Crippen LogP contribution in [0.5, 0.6) is 0 Å². The van der Waals surface area contributed by atoms with Crippen LogP contribution in [0.15, 0.2) is 0 Å². The van der Waals surface area contributed by atoms with E-state index in [0.29, 0.717) is 6.04 Å². The molecule has 0 saturated heterocycles. The van der Waals surface area contributed by atoms with Gasteiger partial charge in [-0.15, -0.1) is 0 Å². The third-order valence-electron chi connectivity index (χ3n) is 1.41. The molecule has 0 aromatic rings. The molecule has 0 aliphatic carbocycles. The molecule has 0 heterocycles. The topological polar surface area (TPSA) is 24.1 Å². The summed E-state index contributed by atoms with van der Waals surface area (Å²) in [6, 6.07) is 0.607. The predicted octanol–water partition coefficient (Wildman–Crippen LogP) is 1.23. The smallest absolute Gasteiger partial charge is 0.00790 e. The van der Waals surface area contributed by atoms with Crippen molar-refractivity contribution in [2.45, 2.75) is 33.7 Å². The predicted molar refractivity (Wildman–Crippen MR) is 50.8 cm³/mol. The van der Waals surface area contributed by atoms with Gasteiger partial charge in [-0.2, -0.15) is 0 Å².